The van der Waals surface area contributed by atoms with Crippen LogP contribution in [0.15, 0.2) is 12.3 Å². The van der Waals surface area contributed by atoms with E-state index in [1.165, 1.54) is 0 Å². The summed E-state index contributed by atoms with van der Waals surface area (Å²) in [6.45, 7) is 4.90. The number of carbonyl (C=O) groups is 1. The van der Waals surface area contributed by atoms with Gasteiger partial charge >= 0.3 is 0 Å². The van der Waals surface area contributed by atoms with Crippen molar-refractivity contribution in [3.05, 3.63) is 23.4 Å². The van der Waals surface area contributed by atoms with Crippen molar-refractivity contribution in [3.8, 4) is 0 Å². The highest BCUT2D eigenvalue weighted by Crippen LogP contribution is 2.16. The Kier molecular flexibility index (Phi) is 5.58. The Morgan fingerprint density at radius 3 is 2.83 bits per heavy atom. The zero-order valence-corrected chi connectivity index (χ0v) is 11.2. The zero-order valence-electron chi connectivity index (χ0n) is 11.2. The molecule has 5 heteroatoms. The average molecular weight is 251 g/mol. The van der Waals surface area contributed by atoms with Gasteiger partial charge in [-0.25, -0.2) is 4.98 Å². The number of aromatic nitrogens is 1. The fraction of sp³-hybridized carbons (Fsp3) is 0.538. The number of aliphatic hydroxyl groups excluding tert-OH is 1. The summed E-state index contributed by atoms with van der Waals surface area (Å²) in [5.74, 6) is 0.755. The third-order valence-corrected chi connectivity index (χ3v) is 2.60. The van der Waals surface area contributed by atoms with Crippen LogP contribution in [0.1, 0.15) is 24.5 Å². The van der Waals surface area contributed by atoms with Gasteiger partial charge in [0.15, 0.2) is 0 Å². The minimum absolute atomic E-state index is 0.00761. The number of pyridine rings is 1. The van der Waals surface area contributed by atoms with Crippen LogP contribution >= 0.6 is 0 Å². The first-order valence-corrected chi connectivity index (χ1v) is 6.12. The summed E-state index contributed by atoms with van der Waals surface area (Å²) in [4.78, 5) is 17.7. The van der Waals surface area contributed by atoms with E-state index in [2.05, 4.69) is 10.3 Å². The number of likely N-dealkylation sites (N-methyl/N-ethyl adjacent to an activating group) is 1. The molecular weight excluding hydrogens is 230 g/mol. The molecule has 5 nitrogen and oxygen atoms in total. The molecule has 0 unspecified atom stereocenters. The largest absolute Gasteiger partial charge is 0.392 e. The van der Waals surface area contributed by atoms with Crippen LogP contribution in [0.25, 0.3) is 0 Å². The van der Waals surface area contributed by atoms with Crippen molar-refractivity contribution in [1.82, 2.24) is 10.3 Å². The van der Waals surface area contributed by atoms with E-state index in [4.69, 9.17) is 5.11 Å². The van der Waals surface area contributed by atoms with E-state index in [0.717, 1.165) is 23.4 Å². The number of carbonyl (C=O) groups excluding carboxylic acids is 1. The third kappa shape index (κ3) is 4.00. The molecule has 0 aliphatic heterocycles. The van der Waals surface area contributed by atoms with Crippen molar-refractivity contribution in [2.45, 2.75) is 26.9 Å². The van der Waals surface area contributed by atoms with Gasteiger partial charge in [-0.1, -0.05) is 6.92 Å². The van der Waals surface area contributed by atoms with E-state index in [1.54, 1.807) is 6.20 Å². The summed E-state index contributed by atoms with van der Waals surface area (Å²) in [7, 11) is 1.83. The zero-order chi connectivity index (χ0) is 13.5. The van der Waals surface area contributed by atoms with E-state index in [-0.39, 0.29) is 19.1 Å². The van der Waals surface area contributed by atoms with Gasteiger partial charge in [-0.2, -0.15) is 0 Å². The Labute approximate surface area is 108 Å². The molecule has 1 amide bonds. The van der Waals surface area contributed by atoms with Gasteiger partial charge in [0.1, 0.15) is 5.82 Å². The summed E-state index contributed by atoms with van der Waals surface area (Å²) in [6.07, 6.45) is 2.56. The lowest BCUT2D eigenvalue weighted by molar-refractivity contribution is -0.119. The van der Waals surface area contributed by atoms with Crippen LogP contribution in [0.5, 0.6) is 0 Å². The maximum atomic E-state index is 11.6. The molecule has 0 atom stereocenters. The van der Waals surface area contributed by atoms with Crippen LogP contribution in [-0.4, -0.2) is 36.1 Å². The lowest BCUT2D eigenvalue weighted by Gasteiger charge is -2.19. The number of hydrogen-bond acceptors (Lipinski definition) is 4. The van der Waals surface area contributed by atoms with Crippen LogP contribution in [0.2, 0.25) is 0 Å². The van der Waals surface area contributed by atoms with E-state index in [1.807, 2.05) is 31.9 Å². The van der Waals surface area contributed by atoms with Gasteiger partial charge in [0.05, 0.1) is 13.2 Å². The molecule has 1 rings (SSSR count). The van der Waals surface area contributed by atoms with Crippen LogP contribution in [0.3, 0.4) is 0 Å². The van der Waals surface area contributed by atoms with Crippen LogP contribution in [-0.2, 0) is 11.4 Å². The van der Waals surface area contributed by atoms with E-state index in [9.17, 15) is 4.79 Å². The number of anilines is 1. The number of aryl methyl sites for hydroxylation is 1. The molecule has 0 saturated carbocycles. The average Bonchev–Trinajstić information content (AvgIpc) is 2.35. The number of rotatable bonds is 6. The second-order valence-electron chi connectivity index (χ2n) is 4.35. The molecule has 0 radical (unpaired) electrons. The Morgan fingerprint density at radius 1 is 1.56 bits per heavy atom. The molecule has 2 N–H and O–H groups in total. The van der Waals surface area contributed by atoms with Crippen LogP contribution in [0.4, 0.5) is 5.82 Å². The molecule has 0 aliphatic carbocycles. The summed E-state index contributed by atoms with van der Waals surface area (Å²) in [5, 5.41) is 11.8. The molecule has 1 aromatic rings. The maximum absolute atomic E-state index is 11.6. The highest BCUT2D eigenvalue weighted by molar-refractivity contribution is 5.81. The monoisotopic (exact) mass is 251 g/mol. The molecule has 100 valence electrons. The quantitative estimate of drug-likeness (QED) is 0.786. The van der Waals surface area contributed by atoms with Gasteiger partial charge in [-0.3, -0.25) is 4.79 Å². The van der Waals surface area contributed by atoms with E-state index >= 15 is 0 Å². The van der Waals surface area contributed by atoms with Gasteiger partial charge in [0, 0.05) is 19.8 Å². The summed E-state index contributed by atoms with van der Waals surface area (Å²) in [6, 6.07) is 1.88. The molecule has 1 aromatic heterocycles. The van der Waals surface area contributed by atoms with Crippen molar-refractivity contribution in [3.63, 3.8) is 0 Å². The SMILES string of the molecule is CCCNC(=O)CN(C)c1ncc(CO)cc1C. The van der Waals surface area contributed by atoms with Gasteiger partial charge in [0.2, 0.25) is 5.91 Å². The predicted molar refractivity (Wildman–Crippen MR) is 71.5 cm³/mol. The molecule has 0 fully saturated rings. The highest BCUT2D eigenvalue weighted by Gasteiger charge is 2.10. The summed E-state index contributed by atoms with van der Waals surface area (Å²) in [5.41, 5.74) is 1.73. The summed E-state index contributed by atoms with van der Waals surface area (Å²) >= 11 is 0. The predicted octanol–water partition coefficient (Wildman–Crippen LogP) is 0.845. The normalized spacial score (nSPS) is 10.2. The molecule has 0 spiro atoms. The fourth-order valence-corrected chi connectivity index (χ4v) is 1.72. The lowest BCUT2D eigenvalue weighted by atomic mass is 10.2. The Balaban J connectivity index is 2.66. The molecule has 1 heterocycles. The van der Waals surface area contributed by atoms with E-state index < -0.39 is 0 Å². The third-order valence-electron chi connectivity index (χ3n) is 2.60. The number of nitrogens with zero attached hydrogens (tertiary/aromatic N) is 2. The van der Waals surface area contributed by atoms with Gasteiger partial charge in [0.25, 0.3) is 0 Å². The maximum Gasteiger partial charge on any atom is 0.239 e. The first-order chi connectivity index (χ1) is 8.58. The summed E-state index contributed by atoms with van der Waals surface area (Å²) < 4.78 is 0. The first-order valence-electron chi connectivity index (χ1n) is 6.12. The highest BCUT2D eigenvalue weighted by atomic mass is 16.3. The second-order valence-corrected chi connectivity index (χ2v) is 4.35. The van der Waals surface area contributed by atoms with Crippen molar-refractivity contribution in [2.75, 3.05) is 25.0 Å². The Bertz CT molecular complexity index is 407. The Morgan fingerprint density at radius 2 is 2.28 bits per heavy atom. The molecule has 0 aromatic carbocycles. The number of hydrogen-bond donors (Lipinski definition) is 2. The van der Waals surface area contributed by atoms with E-state index in [0.29, 0.717) is 6.54 Å². The smallest absolute Gasteiger partial charge is 0.239 e. The number of amides is 1. The standard InChI is InChI=1S/C13H21N3O2/c1-4-5-14-12(18)8-16(3)13-10(2)6-11(9-17)7-15-13/h6-7,17H,4-5,8-9H2,1-3H3,(H,14,18). The second kappa shape index (κ2) is 6.96. The van der Waals surface area contributed by atoms with Crippen LogP contribution in [0, 0.1) is 6.92 Å². The van der Waals surface area contributed by atoms with Crippen molar-refractivity contribution < 1.29 is 9.90 Å². The fourth-order valence-electron chi connectivity index (χ4n) is 1.72. The van der Waals surface area contributed by atoms with Crippen LogP contribution < -0.4 is 10.2 Å². The van der Waals surface area contributed by atoms with Crippen molar-refractivity contribution in [1.29, 1.82) is 0 Å². The van der Waals surface area contributed by atoms with Gasteiger partial charge < -0.3 is 15.3 Å². The number of aliphatic hydroxyl groups is 1. The first kappa shape index (κ1) is 14.4. The minimum Gasteiger partial charge on any atom is -0.392 e. The van der Waals surface area contributed by atoms with Crippen molar-refractivity contribution >= 4 is 11.7 Å². The topological polar surface area (TPSA) is 65.5 Å². The van der Waals surface area contributed by atoms with Crippen molar-refractivity contribution in [2.24, 2.45) is 0 Å². The molecule has 0 bridgehead atoms. The number of nitrogens with one attached hydrogen (secondary N) is 1. The van der Waals surface area contributed by atoms with Gasteiger partial charge in [-0.15, -0.1) is 0 Å². The molecular formula is C13H21N3O2. The molecule has 18 heavy (non-hydrogen) atoms. The lowest BCUT2D eigenvalue weighted by Crippen LogP contribution is -2.36. The molecule has 0 aliphatic rings. The Hall–Kier alpha value is -1.62. The minimum atomic E-state index is -0.0190. The molecule has 0 saturated heterocycles. The van der Waals surface area contributed by atoms with Gasteiger partial charge in [-0.05, 0) is 30.5 Å².